The number of hydrogen-bond acceptors (Lipinski definition) is 3. The van der Waals surface area contributed by atoms with E-state index < -0.39 is 8.56 Å². The lowest BCUT2D eigenvalue weighted by molar-refractivity contribution is -0.0809. The molecule has 0 N–H and O–H groups in total. The molecule has 1 unspecified atom stereocenters. The molecule has 0 aromatic heterocycles. The summed E-state index contributed by atoms with van der Waals surface area (Å²) < 4.78 is 17.0. The van der Waals surface area contributed by atoms with Gasteiger partial charge in [-0.05, 0) is 39.8 Å². The lowest BCUT2D eigenvalue weighted by Gasteiger charge is -2.26. The summed E-state index contributed by atoms with van der Waals surface area (Å²) in [4.78, 5) is 0. The first-order chi connectivity index (χ1) is 8.02. The van der Waals surface area contributed by atoms with E-state index in [9.17, 15) is 0 Å². The monoisotopic (exact) mass is 326 g/mol. The van der Waals surface area contributed by atoms with Gasteiger partial charge in [0.15, 0.2) is 0 Å². The highest BCUT2D eigenvalue weighted by molar-refractivity contribution is 9.09. The Labute approximate surface area is 116 Å². The van der Waals surface area contributed by atoms with Crippen LogP contribution in [0.1, 0.15) is 39.5 Å². The maximum atomic E-state index is 5.85. The highest BCUT2D eigenvalue weighted by Crippen LogP contribution is 2.12. The van der Waals surface area contributed by atoms with Crippen molar-refractivity contribution < 1.29 is 13.6 Å². The fourth-order valence-electron chi connectivity index (χ4n) is 1.57. The third-order valence-electron chi connectivity index (χ3n) is 2.33. The fraction of sp³-hybridized carbons (Fsp3) is 1.00. The van der Waals surface area contributed by atoms with Crippen LogP contribution in [0, 0.1) is 0 Å². The number of alkyl halides is 1. The number of halogens is 1. The lowest BCUT2D eigenvalue weighted by atomic mass is 10.2. The van der Waals surface area contributed by atoms with Gasteiger partial charge >= 0.3 is 8.56 Å². The predicted molar refractivity (Wildman–Crippen MR) is 77.9 cm³/mol. The summed E-state index contributed by atoms with van der Waals surface area (Å²) in [6.07, 6.45) is 4.72. The maximum Gasteiger partial charge on any atom is 0.333 e. The molecule has 5 heteroatoms. The molecule has 0 fully saturated rings. The average Bonchev–Trinajstić information content (AvgIpc) is 2.22. The van der Waals surface area contributed by atoms with E-state index in [4.69, 9.17) is 13.6 Å². The van der Waals surface area contributed by atoms with E-state index in [1.165, 1.54) is 19.3 Å². The molecule has 0 aliphatic carbocycles. The standard InChI is InChI=1S/C12H27BrO3Si/c1-5-14-12(2)16-17(3,4)15-11-9-7-6-8-10-13/h12H,5-11H2,1-4H3. The fourth-order valence-corrected chi connectivity index (χ4v) is 3.54. The molecule has 0 aliphatic rings. The Hall–Kier alpha value is 0.577. The molecule has 0 radical (unpaired) electrons. The molecule has 17 heavy (non-hydrogen) atoms. The number of hydrogen-bond donors (Lipinski definition) is 0. The van der Waals surface area contributed by atoms with Crippen molar-refractivity contribution in [2.45, 2.75) is 58.9 Å². The van der Waals surface area contributed by atoms with Gasteiger partial charge in [-0.3, -0.25) is 0 Å². The maximum absolute atomic E-state index is 5.85. The highest BCUT2D eigenvalue weighted by Gasteiger charge is 2.27. The summed E-state index contributed by atoms with van der Waals surface area (Å²) in [7, 11) is -2.01. The van der Waals surface area contributed by atoms with Crippen LogP contribution in [-0.4, -0.2) is 33.4 Å². The predicted octanol–water partition coefficient (Wildman–Crippen LogP) is 4.06. The topological polar surface area (TPSA) is 27.7 Å². The SMILES string of the molecule is CCOC(C)O[Si](C)(C)OCCCCCCBr. The second-order valence-corrected chi connectivity index (χ2v) is 8.61. The first kappa shape index (κ1) is 17.6. The first-order valence-corrected chi connectivity index (χ1v) is 10.4. The highest BCUT2D eigenvalue weighted by atomic mass is 79.9. The first-order valence-electron chi connectivity index (χ1n) is 6.51. The summed E-state index contributed by atoms with van der Waals surface area (Å²) in [5.74, 6) is 0. The van der Waals surface area contributed by atoms with Crippen LogP contribution in [0.2, 0.25) is 13.1 Å². The second-order valence-electron chi connectivity index (χ2n) is 4.49. The third kappa shape index (κ3) is 11.4. The van der Waals surface area contributed by atoms with E-state index >= 15 is 0 Å². The van der Waals surface area contributed by atoms with Gasteiger partial charge in [0.2, 0.25) is 0 Å². The summed E-state index contributed by atoms with van der Waals surface area (Å²) >= 11 is 3.43. The zero-order chi connectivity index (χ0) is 13.1. The molecule has 0 aromatic carbocycles. The smallest absolute Gasteiger partial charge is 0.333 e. The molecule has 1 atom stereocenters. The van der Waals surface area contributed by atoms with E-state index in [0.717, 1.165) is 18.4 Å². The van der Waals surface area contributed by atoms with E-state index in [1.54, 1.807) is 0 Å². The van der Waals surface area contributed by atoms with Gasteiger partial charge in [0, 0.05) is 18.5 Å². The Kier molecular flexibility index (Phi) is 10.9. The van der Waals surface area contributed by atoms with Crippen LogP contribution < -0.4 is 0 Å². The summed E-state index contributed by atoms with van der Waals surface area (Å²) in [6, 6.07) is 0. The van der Waals surface area contributed by atoms with Crippen molar-refractivity contribution in [1.29, 1.82) is 0 Å². The molecular weight excluding hydrogens is 300 g/mol. The van der Waals surface area contributed by atoms with Crippen molar-refractivity contribution in [1.82, 2.24) is 0 Å². The Balaban J connectivity index is 3.56. The quantitative estimate of drug-likeness (QED) is 0.248. The van der Waals surface area contributed by atoms with E-state index in [1.807, 2.05) is 13.8 Å². The molecule has 0 aliphatic heterocycles. The molecule has 0 heterocycles. The summed E-state index contributed by atoms with van der Waals surface area (Å²) in [5.41, 5.74) is 0. The van der Waals surface area contributed by atoms with Gasteiger partial charge in [0.1, 0.15) is 6.29 Å². The molecule has 104 valence electrons. The zero-order valence-electron chi connectivity index (χ0n) is 11.6. The zero-order valence-corrected chi connectivity index (χ0v) is 14.2. The lowest BCUT2D eigenvalue weighted by Crippen LogP contribution is -2.39. The van der Waals surface area contributed by atoms with Crippen molar-refractivity contribution in [3.8, 4) is 0 Å². The number of ether oxygens (including phenoxy) is 1. The van der Waals surface area contributed by atoms with Gasteiger partial charge in [0.25, 0.3) is 0 Å². The molecule has 0 spiro atoms. The molecule has 3 nitrogen and oxygen atoms in total. The van der Waals surface area contributed by atoms with Crippen LogP contribution in [0.3, 0.4) is 0 Å². The van der Waals surface area contributed by atoms with Crippen molar-refractivity contribution in [3.63, 3.8) is 0 Å². The minimum absolute atomic E-state index is 0.157. The van der Waals surface area contributed by atoms with Crippen molar-refractivity contribution >= 4 is 24.5 Å². The molecule has 0 rings (SSSR count). The third-order valence-corrected chi connectivity index (χ3v) is 4.69. The van der Waals surface area contributed by atoms with Crippen molar-refractivity contribution in [2.75, 3.05) is 18.5 Å². The van der Waals surface area contributed by atoms with Crippen LogP contribution in [0.5, 0.6) is 0 Å². The number of rotatable bonds is 11. The van der Waals surface area contributed by atoms with Crippen LogP contribution in [0.15, 0.2) is 0 Å². The molecule has 0 amide bonds. The summed E-state index contributed by atoms with van der Waals surface area (Å²) in [5, 5.41) is 1.10. The Morgan fingerprint density at radius 3 is 2.35 bits per heavy atom. The van der Waals surface area contributed by atoms with Gasteiger partial charge < -0.3 is 13.6 Å². The molecule has 0 bridgehead atoms. The largest absolute Gasteiger partial charge is 0.394 e. The Bertz CT molecular complexity index is 179. The minimum atomic E-state index is -2.01. The Morgan fingerprint density at radius 2 is 1.76 bits per heavy atom. The van der Waals surface area contributed by atoms with E-state index in [2.05, 4.69) is 29.0 Å². The van der Waals surface area contributed by atoms with Crippen LogP contribution in [-0.2, 0) is 13.6 Å². The van der Waals surface area contributed by atoms with Crippen molar-refractivity contribution in [3.05, 3.63) is 0 Å². The number of unbranched alkanes of at least 4 members (excludes halogenated alkanes) is 3. The van der Waals surface area contributed by atoms with Gasteiger partial charge in [-0.15, -0.1) is 0 Å². The molecule has 0 saturated heterocycles. The molecular formula is C12H27BrO3Si. The van der Waals surface area contributed by atoms with Gasteiger partial charge in [-0.2, -0.15) is 0 Å². The van der Waals surface area contributed by atoms with Gasteiger partial charge in [0.05, 0.1) is 0 Å². The molecule has 0 saturated carbocycles. The van der Waals surface area contributed by atoms with E-state index in [0.29, 0.717) is 6.61 Å². The normalized spacial score (nSPS) is 13.9. The van der Waals surface area contributed by atoms with Gasteiger partial charge in [-0.25, -0.2) is 0 Å². The second kappa shape index (κ2) is 10.5. The molecule has 0 aromatic rings. The minimum Gasteiger partial charge on any atom is -0.394 e. The van der Waals surface area contributed by atoms with Gasteiger partial charge in [-0.1, -0.05) is 28.8 Å². The average molecular weight is 327 g/mol. The Morgan fingerprint density at radius 1 is 1.12 bits per heavy atom. The van der Waals surface area contributed by atoms with Crippen LogP contribution in [0.25, 0.3) is 0 Å². The van der Waals surface area contributed by atoms with Crippen molar-refractivity contribution in [2.24, 2.45) is 0 Å². The van der Waals surface area contributed by atoms with Crippen LogP contribution in [0.4, 0.5) is 0 Å². The van der Waals surface area contributed by atoms with Crippen LogP contribution >= 0.6 is 15.9 Å². The summed E-state index contributed by atoms with van der Waals surface area (Å²) in [6.45, 7) is 9.53. The van der Waals surface area contributed by atoms with E-state index in [-0.39, 0.29) is 6.29 Å².